The van der Waals surface area contributed by atoms with Crippen LogP contribution in [0.15, 0.2) is 0 Å². The molecule has 0 heterocycles. The molecule has 0 spiro atoms. The molecule has 1 aliphatic carbocycles. The Morgan fingerprint density at radius 2 is 2.09 bits per heavy atom. The monoisotopic (exact) mass is 154 g/mol. The normalized spacial score (nSPS) is 32.9. The first-order chi connectivity index (χ1) is 5.11. The van der Waals surface area contributed by atoms with Gasteiger partial charge in [0.2, 0.25) is 0 Å². The van der Waals surface area contributed by atoms with E-state index in [-0.39, 0.29) is 0 Å². The Balaban J connectivity index is 2.54. The van der Waals surface area contributed by atoms with E-state index in [0.717, 1.165) is 25.2 Å². The summed E-state index contributed by atoms with van der Waals surface area (Å²) in [6.45, 7) is 6.56. The van der Waals surface area contributed by atoms with Crippen molar-refractivity contribution < 1.29 is 4.79 Å². The standard InChI is InChI=1S/C10H18O/c1-7(2)9-6-8(3)4-5-10(9)11/h7-9H,4-6H2,1-3H3. The second kappa shape index (κ2) is 3.38. The maximum atomic E-state index is 11.4. The molecule has 0 N–H and O–H groups in total. The Morgan fingerprint density at radius 3 is 2.55 bits per heavy atom. The van der Waals surface area contributed by atoms with Gasteiger partial charge in [-0.2, -0.15) is 0 Å². The topological polar surface area (TPSA) is 17.1 Å². The molecule has 11 heavy (non-hydrogen) atoms. The van der Waals surface area contributed by atoms with Crippen molar-refractivity contribution in [3.05, 3.63) is 0 Å². The molecular formula is C10H18O. The van der Waals surface area contributed by atoms with E-state index in [4.69, 9.17) is 0 Å². The lowest BCUT2D eigenvalue weighted by Gasteiger charge is -2.28. The number of hydrogen-bond acceptors (Lipinski definition) is 1. The van der Waals surface area contributed by atoms with Gasteiger partial charge in [-0.25, -0.2) is 0 Å². The van der Waals surface area contributed by atoms with Gasteiger partial charge in [0.1, 0.15) is 5.78 Å². The fourth-order valence-electron chi connectivity index (χ4n) is 1.90. The van der Waals surface area contributed by atoms with E-state index >= 15 is 0 Å². The van der Waals surface area contributed by atoms with Crippen LogP contribution in [-0.4, -0.2) is 5.78 Å². The highest BCUT2D eigenvalue weighted by Crippen LogP contribution is 2.30. The summed E-state index contributed by atoms with van der Waals surface area (Å²) >= 11 is 0. The van der Waals surface area contributed by atoms with E-state index < -0.39 is 0 Å². The summed E-state index contributed by atoms with van der Waals surface area (Å²) in [5.41, 5.74) is 0. The van der Waals surface area contributed by atoms with E-state index in [1.54, 1.807) is 0 Å². The van der Waals surface area contributed by atoms with Crippen molar-refractivity contribution in [2.45, 2.75) is 40.0 Å². The van der Waals surface area contributed by atoms with Crippen molar-refractivity contribution in [3.8, 4) is 0 Å². The molecule has 0 aromatic heterocycles. The van der Waals surface area contributed by atoms with Gasteiger partial charge in [-0.15, -0.1) is 0 Å². The molecule has 2 atom stereocenters. The Morgan fingerprint density at radius 1 is 1.45 bits per heavy atom. The first-order valence-electron chi connectivity index (χ1n) is 4.64. The molecule has 1 saturated carbocycles. The molecule has 0 aromatic carbocycles. The minimum Gasteiger partial charge on any atom is -0.299 e. The van der Waals surface area contributed by atoms with Gasteiger partial charge < -0.3 is 0 Å². The molecule has 0 bridgehead atoms. The number of carbonyl (C=O) groups is 1. The van der Waals surface area contributed by atoms with Gasteiger partial charge in [0.25, 0.3) is 0 Å². The molecule has 0 saturated heterocycles. The number of Topliss-reactive ketones (excluding diaryl/α,β-unsaturated/α-hetero) is 1. The van der Waals surface area contributed by atoms with Crippen LogP contribution in [0.1, 0.15) is 40.0 Å². The summed E-state index contributed by atoms with van der Waals surface area (Å²) in [5.74, 6) is 2.17. The molecule has 0 amide bonds. The fourth-order valence-corrected chi connectivity index (χ4v) is 1.90. The van der Waals surface area contributed by atoms with Crippen LogP contribution >= 0.6 is 0 Å². The average molecular weight is 154 g/mol. The smallest absolute Gasteiger partial charge is 0.136 e. The predicted molar refractivity (Wildman–Crippen MR) is 46.4 cm³/mol. The van der Waals surface area contributed by atoms with Crippen molar-refractivity contribution in [1.82, 2.24) is 0 Å². The lowest BCUT2D eigenvalue weighted by atomic mass is 9.76. The number of hydrogen-bond donors (Lipinski definition) is 0. The van der Waals surface area contributed by atoms with Gasteiger partial charge >= 0.3 is 0 Å². The molecule has 1 nitrogen and oxygen atoms in total. The zero-order valence-electron chi connectivity index (χ0n) is 7.76. The van der Waals surface area contributed by atoms with Gasteiger partial charge in [0.05, 0.1) is 0 Å². The maximum absolute atomic E-state index is 11.4. The Bertz CT molecular complexity index is 149. The third-order valence-electron chi connectivity index (χ3n) is 2.76. The molecule has 1 aliphatic rings. The molecule has 1 fully saturated rings. The largest absolute Gasteiger partial charge is 0.299 e. The first-order valence-corrected chi connectivity index (χ1v) is 4.64. The quantitative estimate of drug-likeness (QED) is 0.567. The second-order valence-corrected chi connectivity index (χ2v) is 4.20. The third-order valence-corrected chi connectivity index (χ3v) is 2.76. The van der Waals surface area contributed by atoms with Crippen LogP contribution < -0.4 is 0 Å². The van der Waals surface area contributed by atoms with Crippen LogP contribution in [0.2, 0.25) is 0 Å². The fraction of sp³-hybridized carbons (Fsp3) is 0.900. The molecule has 1 heteroatoms. The van der Waals surface area contributed by atoms with Crippen LogP contribution in [0.4, 0.5) is 0 Å². The van der Waals surface area contributed by atoms with Crippen molar-refractivity contribution in [2.24, 2.45) is 17.8 Å². The molecule has 0 aromatic rings. The maximum Gasteiger partial charge on any atom is 0.136 e. The Hall–Kier alpha value is -0.330. The zero-order valence-corrected chi connectivity index (χ0v) is 7.76. The van der Waals surface area contributed by atoms with Gasteiger partial charge in [-0.1, -0.05) is 20.8 Å². The van der Waals surface area contributed by atoms with E-state index in [9.17, 15) is 4.79 Å². The van der Waals surface area contributed by atoms with Crippen LogP contribution in [0.5, 0.6) is 0 Å². The molecule has 0 radical (unpaired) electrons. The summed E-state index contributed by atoms with van der Waals surface area (Å²) in [5, 5.41) is 0. The molecular weight excluding hydrogens is 136 g/mol. The lowest BCUT2D eigenvalue weighted by Crippen LogP contribution is -2.27. The summed E-state index contributed by atoms with van der Waals surface area (Å²) in [7, 11) is 0. The van der Waals surface area contributed by atoms with Gasteiger partial charge in [-0.05, 0) is 24.7 Å². The summed E-state index contributed by atoms with van der Waals surface area (Å²) in [4.78, 5) is 11.4. The minimum atomic E-state index is 0.360. The third kappa shape index (κ3) is 2.05. The van der Waals surface area contributed by atoms with Gasteiger partial charge in [0, 0.05) is 12.3 Å². The van der Waals surface area contributed by atoms with Crippen molar-refractivity contribution >= 4 is 5.78 Å². The van der Waals surface area contributed by atoms with Gasteiger partial charge in [-0.3, -0.25) is 4.79 Å². The van der Waals surface area contributed by atoms with E-state index in [2.05, 4.69) is 20.8 Å². The highest BCUT2D eigenvalue weighted by molar-refractivity contribution is 5.81. The number of rotatable bonds is 1. The van der Waals surface area contributed by atoms with Crippen LogP contribution in [0, 0.1) is 17.8 Å². The summed E-state index contributed by atoms with van der Waals surface area (Å²) in [6.07, 6.45) is 3.06. The van der Waals surface area contributed by atoms with E-state index in [1.165, 1.54) is 0 Å². The molecule has 1 rings (SSSR count). The Labute approximate surface area is 69.2 Å². The van der Waals surface area contributed by atoms with E-state index in [0.29, 0.717) is 17.6 Å². The zero-order chi connectivity index (χ0) is 8.43. The van der Waals surface area contributed by atoms with Crippen LogP contribution in [-0.2, 0) is 4.79 Å². The summed E-state index contributed by atoms with van der Waals surface area (Å²) in [6, 6.07) is 0. The highest BCUT2D eigenvalue weighted by atomic mass is 16.1. The average Bonchev–Trinajstić information content (AvgIpc) is 1.94. The first kappa shape index (κ1) is 8.76. The SMILES string of the molecule is CC1CCC(=O)C(C(C)C)C1. The van der Waals surface area contributed by atoms with Gasteiger partial charge in [0.15, 0.2) is 0 Å². The minimum absolute atomic E-state index is 0.360. The molecule has 0 aliphatic heterocycles. The number of carbonyl (C=O) groups excluding carboxylic acids is 1. The highest BCUT2D eigenvalue weighted by Gasteiger charge is 2.28. The van der Waals surface area contributed by atoms with Crippen molar-refractivity contribution in [1.29, 1.82) is 0 Å². The van der Waals surface area contributed by atoms with Crippen molar-refractivity contribution in [2.75, 3.05) is 0 Å². The number of ketones is 1. The predicted octanol–water partition coefficient (Wildman–Crippen LogP) is 2.65. The van der Waals surface area contributed by atoms with E-state index in [1.807, 2.05) is 0 Å². The lowest BCUT2D eigenvalue weighted by molar-refractivity contribution is -0.126. The van der Waals surface area contributed by atoms with Crippen LogP contribution in [0.25, 0.3) is 0 Å². The molecule has 2 unspecified atom stereocenters. The second-order valence-electron chi connectivity index (χ2n) is 4.20. The Kier molecular flexibility index (Phi) is 2.69. The van der Waals surface area contributed by atoms with Crippen LogP contribution in [0.3, 0.4) is 0 Å². The van der Waals surface area contributed by atoms with Crippen molar-refractivity contribution in [3.63, 3.8) is 0 Å². The summed E-state index contributed by atoms with van der Waals surface area (Å²) < 4.78 is 0. The molecule has 64 valence electrons.